The van der Waals surface area contributed by atoms with Crippen molar-refractivity contribution in [2.24, 2.45) is 0 Å². The number of nitro groups is 1. The van der Waals surface area contributed by atoms with Gasteiger partial charge in [-0.3, -0.25) is 10.1 Å². The molecule has 0 saturated heterocycles. The van der Waals surface area contributed by atoms with Gasteiger partial charge in [0.15, 0.2) is 0 Å². The number of rotatable bonds is 4. The second kappa shape index (κ2) is 4.98. The molecule has 0 unspecified atom stereocenters. The maximum absolute atomic E-state index is 10.6. The molecule has 0 fully saturated rings. The summed E-state index contributed by atoms with van der Waals surface area (Å²) in [6, 6.07) is 4.76. The van der Waals surface area contributed by atoms with Crippen molar-refractivity contribution in [2.75, 3.05) is 18.5 Å². The Labute approximate surface area is 93.6 Å². The fourth-order valence-electron chi connectivity index (χ4n) is 1.34. The molecule has 1 rings (SSSR count). The summed E-state index contributed by atoms with van der Waals surface area (Å²) >= 11 is 5.76. The molecule has 5 heteroatoms. The zero-order valence-electron chi connectivity index (χ0n) is 8.74. The monoisotopic (exact) mass is 228 g/mol. The van der Waals surface area contributed by atoms with E-state index in [2.05, 4.69) is 0 Å². The molecule has 0 bridgehead atoms. The molecule has 1 aromatic carbocycles. The number of benzene rings is 1. The van der Waals surface area contributed by atoms with Crippen molar-refractivity contribution in [1.29, 1.82) is 0 Å². The highest BCUT2D eigenvalue weighted by molar-refractivity contribution is 6.17. The molecule has 1 aromatic rings. The molecule has 0 aliphatic carbocycles. The smallest absolute Gasteiger partial charge is 0.269 e. The molecule has 0 heterocycles. The molecular weight excluding hydrogens is 216 g/mol. The van der Waals surface area contributed by atoms with E-state index in [4.69, 9.17) is 11.6 Å². The second-order valence-corrected chi connectivity index (χ2v) is 3.49. The van der Waals surface area contributed by atoms with Crippen LogP contribution >= 0.6 is 11.6 Å². The first-order chi connectivity index (χ1) is 7.10. The molecule has 0 aliphatic heterocycles. The Hall–Kier alpha value is -1.29. The number of non-ortho nitro benzene ring substituents is 1. The summed E-state index contributed by atoms with van der Waals surface area (Å²) in [5.41, 5.74) is 1.81. The lowest BCUT2D eigenvalue weighted by atomic mass is 10.1. The number of nitro benzene ring substituents is 1. The van der Waals surface area contributed by atoms with Crippen LogP contribution in [0.4, 0.5) is 11.4 Å². The van der Waals surface area contributed by atoms with Crippen LogP contribution < -0.4 is 4.90 Å². The van der Waals surface area contributed by atoms with Crippen LogP contribution in [0.15, 0.2) is 18.2 Å². The van der Waals surface area contributed by atoms with Gasteiger partial charge in [0.05, 0.1) is 4.92 Å². The van der Waals surface area contributed by atoms with Gasteiger partial charge in [-0.1, -0.05) is 0 Å². The van der Waals surface area contributed by atoms with Gasteiger partial charge in [-0.05, 0) is 18.6 Å². The van der Waals surface area contributed by atoms with Crippen molar-refractivity contribution >= 4 is 23.0 Å². The average Bonchev–Trinajstić information content (AvgIpc) is 2.27. The van der Waals surface area contributed by atoms with Crippen molar-refractivity contribution < 1.29 is 4.92 Å². The van der Waals surface area contributed by atoms with Crippen LogP contribution in [-0.2, 0) is 5.88 Å². The van der Waals surface area contributed by atoms with E-state index in [1.54, 1.807) is 6.07 Å². The lowest BCUT2D eigenvalue weighted by molar-refractivity contribution is -0.384. The molecule has 0 saturated carbocycles. The number of halogens is 1. The number of alkyl halides is 1. The summed E-state index contributed by atoms with van der Waals surface area (Å²) in [7, 11) is 1.93. The molecule has 0 aromatic heterocycles. The fraction of sp³-hybridized carbons (Fsp3) is 0.400. The highest BCUT2D eigenvalue weighted by Crippen LogP contribution is 2.25. The van der Waals surface area contributed by atoms with Crippen LogP contribution in [0, 0.1) is 10.1 Å². The first-order valence-electron chi connectivity index (χ1n) is 4.64. The Morgan fingerprint density at radius 3 is 2.67 bits per heavy atom. The van der Waals surface area contributed by atoms with Crippen molar-refractivity contribution in [3.63, 3.8) is 0 Å². The zero-order valence-corrected chi connectivity index (χ0v) is 9.49. The summed E-state index contributed by atoms with van der Waals surface area (Å²) in [6.07, 6.45) is 0. The van der Waals surface area contributed by atoms with Gasteiger partial charge >= 0.3 is 0 Å². The minimum absolute atomic E-state index is 0.0823. The normalized spacial score (nSPS) is 10.1. The van der Waals surface area contributed by atoms with Crippen molar-refractivity contribution in [1.82, 2.24) is 0 Å². The molecule has 0 atom stereocenters. The standard InChI is InChI=1S/C10H13ClN2O2/c1-3-12(2)10-5-4-9(13(14)15)6-8(10)7-11/h4-6H,3,7H2,1-2H3. The first kappa shape index (κ1) is 11.8. The minimum atomic E-state index is -0.411. The second-order valence-electron chi connectivity index (χ2n) is 3.22. The molecule has 0 amide bonds. The largest absolute Gasteiger partial charge is 0.375 e. The topological polar surface area (TPSA) is 46.4 Å². The molecule has 15 heavy (non-hydrogen) atoms. The van der Waals surface area contributed by atoms with Crippen LogP contribution in [-0.4, -0.2) is 18.5 Å². The van der Waals surface area contributed by atoms with Gasteiger partial charge in [-0.2, -0.15) is 0 Å². The third kappa shape index (κ3) is 2.59. The van der Waals surface area contributed by atoms with Gasteiger partial charge in [0.25, 0.3) is 5.69 Å². The van der Waals surface area contributed by atoms with Gasteiger partial charge in [-0.15, -0.1) is 11.6 Å². The molecule has 4 nitrogen and oxygen atoms in total. The predicted octanol–water partition coefficient (Wildman–Crippen LogP) is 2.79. The molecule has 0 aliphatic rings. The molecule has 82 valence electrons. The van der Waals surface area contributed by atoms with Crippen LogP contribution in [0.2, 0.25) is 0 Å². The number of anilines is 1. The maximum atomic E-state index is 10.6. The van der Waals surface area contributed by atoms with Gasteiger partial charge in [0.1, 0.15) is 0 Å². The van der Waals surface area contributed by atoms with Gasteiger partial charge in [-0.25, -0.2) is 0 Å². The summed E-state index contributed by atoms with van der Waals surface area (Å²) in [5.74, 6) is 0.279. The number of nitrogens with zero attached hydrogens (tertiary/aromatic N) is 2. The van der Waals surface area contributed by atoms with Crippen molar-refractivity contribution in [3.8, 4) is 0 Å². The molecule has 0 radical (unpaired) electrons. The van der Waals surface area contributed by atoms with Gasteiger partial charge < -0.3 is 4.90 Å². The summed E-state index contributed by atoms with van der Waals surface area (Å²) in [6.45, 7) is 2.85. The van der Waals surface area contributed by atoms with E-state index in [-0.39, 0.29) is 11.6 Å². The lowest BCUT2D eigenvalue weighted by Gasteiger charge is -2.19. The highest BCUT2D eigenvalue weighted by Gasteiger charge is 2.11. The van der Waals surface area contributed by atoms with E-state index in [0.717, 1.165) is 17.8 Å². The summed E-state index contributed by atoms with van der Waals surface area (Å²) in [5, 5.41) is 10.6. The van der Waals surface area contributed by atoms with Gasteiger partial charge in [0, 0.05) is 37.3 Å². The van der Waals surface area contributed by atoms with E-state index in [1.807, 2.05) is 18.9 Å². The van der Waals surface area contributed by atoms with E-state index in [1.165, 1.54) is 12.1 Å². The Balaban J connectivity index is 3.14. The molecular formula is C10H13ClN2O2. The van der Waals surface area contributed by atoms with Crippen molar-refractivity contribution in [3.05, 3.63) is 33.9 Å². The van der Waals surface area contributed by atoms with Crippen LogP contribution in [0.1, 0.15) is 12.5 Å². The summed E-state index contributed by atoms with van der Waals surface area (Å²) < 4.78 is 0. The summed E-state index contributed by atoms with van der Waals surface area (Å²) in [4.78, 5) is 12.2. The SMILES string of the molecule is CCN(C)c1ccc([N+](=O)[O-])cc1CCl. The number of hydrogen-bond donors (Lipinski definition) is 0. The predicted molar refractivity (Wildman–Crippen MR) is 61.6 cm³/mol. The van der Waals surface area contributed by atoms with Crippen LogP contribution in [0.3, 0.4) is 0 Å². The third-order valence-corrected chi connectivity index (χ3v) is 2.59. The van der Waals surface area contributed by atoms with Gasteiger partial charge in [0.2, 0.25) is 0 Å². The average molecular weight is 229 g/mol. The quantitative estimate of drug-likeness (QED) is 0.452. The molecule has 0 spiro atoms. The van der Waals surface area contributed by atoms with Crippen LogP contribution in [0.25, 0.3) is 0 Å². The van der Waals surface area contributed by atoms with Crippen LogP contribution in [0.5, 0.6) is 0 Å². The number of hydrogen-bond acceptors (Lipinski definition) is 3. The Bertz CT molecular complexity index is 368. The first-order valence-corrected chi connectivity index (χ1v) is 5.18. The van der Waals surface area contributed by atoms with E-state index in [0.29, 0.717) is 0 Å². The van der Waals surface area contributed by atoms with Crippen molar-refractivity contribution in [2.45, 2.75) is 12.8 Å². The fourth-order valence-corrected chi connectivity index (χ4v) is 1.55. The molecule has 0 N–H and O–H groups in total. The lowest BCUT2D eigenvalue weighted by Crippen LogP contribution is -2.17. The Morgan fingerprint density at radius 2 is 2.20 bits per heavy atom. The third-order valence-electron chi connectivity index (χ3n) is 2.30. The Kier molecular flexibility index (Phi) is 3.91. The highest BCUT2D eigenvalue weighted by atomic mass is 35.5. The van der Waals surface area contributed by atoms with E-state index < -0.39 is 4.92 Å². The van der Waals surface area contributed by atoms with E-state index in [9.17, 15) is 10.1 Å². The van der Waals surface area contributed by atoms with E-state index >= 15 is 0 Å². The zero-order chi connectivity index (χ0) is 11.4. The Morgan fingerprint density at radius 1 is 1.53 bits per heavy atom. The maximum Gasteiger partial charge on any atom is 0.269 e. The minimum Gasteiger partial charge on any atom is -0.375 e.